The van der Waals surface area contributed by atoms with Crippen LogP contribution in [0.25, 0.3) is 0 Å². The first-order chi connectivity index (χ1) is 21.9. The Bertz CT molecular complexity index is 1790. The Balaban J connectivity index is 1.14. The summed E-state index contributed by atoms with van der Waals surface area (Å²) in [6, 6.07) is 15.1. The summed E-state index contributed by atoms with van der Waals surface area (Å²) in [5, 5.41) is 5.48. The molecule has 9 nitrogen and oxygen atoms in total. The largest absolute Gasteiger partial charge is 0.491 e. The number of carbonyl (C=O) groups is 1. The van der Waals surface area contributed by atoms with Crippen molar-refractivity contribution in [2.75, 3.05) is 42.6 Å². The van der Waals surface area contributed by atoms with Crippen molar-refractivity contribution in [3.8, 4) is 5.75 Å². The summed E-state index contributed by atoms with van der Waals surface area (Å²) in [6.45, 7) is 1.38. The van der Waals surface area contributed by atoms with Crippen LogP contribution in [0.1, 0.15) is 38.7 Å². The van der Waals surface area contributed by atoms with Gasteiger partial charge in [-0.3, -0.25) is 9.59 Å². The Kier molecular flexibility index (Phi) is 8.08. The summed E-state index contributed by atoms with van der Waals surface area (Å²) >= 11 is 0. The smallest absolute Gasteiger partial charge is 0.423 e. The van der Waals surface area contributed by atoms with Crippen molar-refractivity contribution in [3.63, 3.8) is 0 Å². The van der Waals surface area contributed by atoms with E-state index in [2.05, 4.69) is 10.1 Å². The number of aromatic nitrogens is 3. The molecule has 1 fully saturated rings. The van der Waals surface area contributed by atoms with Crippen molar-refractivity contribution >= 4 is 17.4 Å². The summed E-state index contributed by atoms with van der Waals surface area (Å²) in [5.74, 6) is 0.432. The van der Waals surface area contributed by atoms with Gasteiger partial charge in [0, 0.05) is 44.5 Å². The van der Waals surface area contributed by atoms with E-state index in [1.165, 1.54) is 11.0 Å². The Hall–Kier alpha value is -5.08. The van der Waals surface area contributed by atoms with Crippen LogP contribution in [-0.4, -0.2) is 58.8 Å². The number of anilines is 2. The van der Waals surface area contributed by atoms with E-state index in [-0.39, 0.29) is 24.7 Å². The van der Waals surface area contributed by atoms with Crippen molar-refractivity contribution in [1.82, 2.24) is 20.1 Å². The number of ether oxygens (including phenoxy) is 1. The minimum Gasteiger partial charge on any atom is -0.491 e. The second-order valence-electron chi connectivity index (χ2n) is 10.8. The summed E-state index contributed by atoms with van der Waals surface area (Å²) in [4.78, 5) is 34.3. The number of hydrogen-bond donors (Lipinski definition) is 1. The number of alkyl halides is 6. The molecule has 0 radical (unpaired) electrons. The van der Waals surface area contributed by atoms with Gasteiger partial charge in [-0.15, -0.1) is 0 Å². The maximum Gasteiger partial charge on any atom is 0.423 e. The number of H-pyrrole nitrogens is 1. The molecule has 240 valence electrons. The molecule has 2 aliphatic heterocycles. The zero-order valence-electron chi connectivity index (χ0n) is 24.0. The lowest BCUT2D eigenvalue weighted by molar-refractivity contribution is -0.139. The van der Waals surface area contributed by atoms with Gasteiger partial charge in [0.15, 0.2) is 0 Å². The molecule has 0 saturated carbocycles. The fourth-order valence-electron chi connectivity index (χ4n) is 5.73. The van der Waals surface area contributed by atoms with Crippen LogP contribution in [0.3, 0.4) is 0 Å². The lowest BCUT2D eigenvalue weighted by atomic mass is 10.1. The highest BCUT2D eigenvalue weighted by Crippen LogP contribution is 2.42. The number of hydrogen-bond acceptors (Lipinski definition) is 7. The van der Waals surface area contributed by atoms with E-state index in [9.17, 15) is 35.9 Å². The van der Waals surface area contributed by atoms with Crippen molar-refractivity contribution < 1.29 is 35.9 Å². The lowest BCUT2D eigenvalue weighted by Gasteiger charge is -2.35. The van der Waals surface area contributed by atoms with E-state index >= 15 is 0 Å². The van der Waals surface area contributed by atoms with Crippen molar-refractivity contribution in [2.24, 2.45) is 0 Å². The van der Waals surface area contributed by atoms with E-state index in [1.54, 1.807) is 58.3 Å². The van der Waals surface area contributed by atoms with Gasteiger partial charge in [0.05, 0.1) is 23.5 Å². The van der Waals surface area contributed by atoms with Crippen LogP contribution in [0.5, 0.6) is 5.75 Å². The molecule has 0 bridgehead atoms. The number of piperazine rings is 1. The number of rotatable bonds is 6. The Morgan fingerprint density at radius 1 is 0.913 bits per heavy atom. The molecule has 0 spiro atoms. The summed E-state index contributed by atoms with van der Waals surface area (Å²) in [5.41, 5.74) is -2.04. The molecule has 15 heteroatoms. The summed E-state index contributed by atoms with van der Waals surface area (Å²) in [6.07, 6.45) is -7.63. The molecule has 1 atom stereocenters. The molecule has 1 N–H and O–H groups in total. The Morgan fingerprint density at radius 3 is 2.37 bits per heavy atom. The zero-order chi connectivity index (χ0) is 32.6. The van der Waals surface area contributed by atoms with E-state index in [0.717, 1.165) is 29.6 Å². The van der Waals surface area contributed by atoms with Crippen LogP contribution in [0.2, 0.25) is 0 Å². The minimum absolute atomic E-state index is 0.0858. The second-order valence-corrected chi connectivity index (χ2v) is 10.8. The number of carbonyl (C=O) groups excluding carboxylic acids is 1. The van der Waals surface area contributed by atoms with Crippen molar-refractivity contribution in [2.45, 2.75) is 24.9 Å². The molecule has 2 aliphatic rings. The monoisotopic (exact) mass is 644 g/mol. The number of aromatic amines is 1. The number of benzene rings is 2. The van der Waals surface area contributed by atoms with Crippen LogP contribution in [0.15, 0.2) is 77.9 Å². The third-order valence-electron chi connectivity index (χ3n) is 8.01. The number of nitrogens with one attached hydrogen (secondary N) is 1. The molecule has 1 unspecified atom stereocenters. The SMILES string of the molecule is O=C(c1cccc(OCC2c3ccccc3CN2c2cn[nH]c(=O)c2C(F)(F)F)c1)N1CCN(c2ccc(C(F)(F)F)cn2)CC1. The Morgan fingerprint density at radius 2 is 1.67 bits per heavy atom. The van der Waals surface area contributed by atoms with Gasteiger partial charge >= 0.3 is 12.4 Å². The van der Waals surface area contributed by atoms with Gasteiger partial charge in [-0.25, -0.2) is 10.1 Å². The maximum absolute atomic E-state index is 13.9. The highest BCUT2D eigenvalue weighted by molar-refractivity contribution is 5.94. The summed E-state index contributed by atoms with van der Waals surface area (Å²) in [7, 11) is 0. The van der Waals surface area contributed by atoms with Crippen LogP contribution in [0.4, 0.5) is 37.8 Å². The van der Waals surface area contributed by atoms with E-state index in [0.29, 0.717) is 43.3 Å². The first-order valence-corrected chi connectivity index (χ1v) is 14.2. The molecular formula is C31H26F6N6O3. The van der Waals surface area contributed by atoms with Crippen LogP contribution >= 0.6 is 0 Å². The Labute approximate surface area is 258 Å². The van der Waals surface area contributed by atoms with Gasteiger partial charge < -0.3 is 19.4 Å². The number of halogens is 6. The van der Waals surface area contributed by atoms with Crippen molar-refractivity contribution in [3.05, 3.63) is 111 Å². The predicted octanol–water partition coefficient (Wildman–Crippen LogP) is 5.31. The molecule has 4 heterocycles. The molecule has 46 heavy (non-hydrogen) atoms. The number of pyridine rings is 1. The van der Waals surface area contributed by atoms with Crippen LogP contribution in [-0.2, 0) is 18.9 Å². The minimum atomic E-state index is -4.92. The van der Waals surface area contributed by atoms with Crippen LogP contribution < -0.4 is 20.1 Å². The normalized spacial score (nSPS) is 16.8. The number of nitrogens with zero attached hydrogens (tertiary/aromatic N) is 5. The van der Waals surface area contributed by atoms with E-state index in [1.807, 2.05) is 5.10 Å². The quantitative estimate of drug-likeness (QED) is 0.285. The molecule has 2 aromatic heterocycles. The fourth-order valence-corrected chi connectivity index (χ4v) is 5.73. The van der Waals surface area contributed by atoms with Gasteiger partial charge in [-0.05, 0) is 41.5 Å². The molecule has 6 rings (SSSR count). The fraction of sp³-hybridized carbons (Fsp3) is 0.290. The van der Waals surface area contributed by atoms with Gasteiger partial charge in [-0.2, -0.15) is 31.4 Å². The van der Waals surface area contributed by atoms with Gasteiger partial charge in [0.2, 0.25) is 0 Å². The first kappa shape index (κ1) is 30.9. The molecule has 1 amide bonds. The molecule has 2 aromatic carbocycles. The lowest BCUT2D eigenvalue weighted by Crippen LogP contribution is -2.49. The molecule has 0 aliphatic carbocycles. The maximum atomic E-state index is 13.9. The van der Waals surface area contributed by atoms with Crippen LogP contribution in [0, 0.1) is 0 Å². The highest BCUT2D eigenvalue weighted by atomic mass is 19.4. The van der Waals surface area contributed by atoms with Crippen molar-refractivity contribution in [1.29, 1.82) is 0 Å². The predicted molar refractivity (Wildman–Crippen MR) is 155 cm³/mol. The molecular weight excluding hydrogens is 618 g/mol. The highest BCUT2D eigenvalue weighted by Gasteiger charge is 2.42. The standard InChI is InChI=1S/C31H26F6N6O3/c32-30(33,34)21-8-9-26(38-15-21)41-10-12-42(13-11-41)29(45)19-5-3-6-22(14-19)46-18-25-23-7-2-1-4-20(23)17-43(25)24-16-39-40-28(44)27(24)31(35,36)37/h1-9,14-16,25H,10-13,17-18H2,(H,40,44). The topological polar surface area (TPSA) is 94.7 Å². The third-order valence-corrected chi connectivity index (χ3v) is 8.01. The van der Waals surface area contributed by atoms with Gasteiger partial charge in [0.1, 0.15) is 23.7 Å². The van der Waals surface area contributed by atoms with E-state index in [4.69, 9.17) is 4.74 Å². The van der Waals surface area contributed by atoms with E-state index < -0.39 is 35.1 Å². The average Bonchev–Trinajstić information content (AvgIpc) is 3.41. The summed E-state index contributed by atoms with van der Waals surface area (Å²) < 4.78 is 86.4. The molecule has 4 aromatic rings. The third kappa shape index (κ3) is 6.21. The second kappa shape index (κ2) is 12.0. The number of amides is 1. The number of fused-ring (bicyclic) bond motifs is 1. The first-order valence-electron chi connectivity index (χ1n) is 14.2. The van der Waals surface area contributed by atoms with Gasteiger partial charge in [0.25, 0.3) is 11.5 Å². The zero-order valence-corrected chi connectivity index (χ0v) is 24.0. The van der Waals surface area contributed by atoms with Gasteiger partial charge in [-0.1, -0.05) is 30.3 Å². The molecule has 1 saturated heterocycles. The average molecular weight is 645 g/mol.